The molecule has 0 bridgehead atoms. The van der Waals surface area contributed by atoms with E-state index in [-0.39, 0.29) is 17.2 Å². The van der Waals surface area contributed by atoms with Crippen molar-refractivity contribution in [3.05, 3.63) is 59.7 Å². The Bertz CT molecular complexity index is 960. The van der Waals surface area contributed by atoms with Gasteiger partial charge in [-0.25, -0.2) is 0 Å². The maximum Gasteiger partial charge on any atom is 0.416 e. The van der Waals surface area contributed by atoms with E-state index >= 15 is 0 Å². The largest absolute Gasteiger partial charge is 0.416 e. The van der Waals surface area contributed by atoms with Gasteiger partial charge in [0.15, 0.2) is 0 Å². The zero-order chi connectivity index (χ0) is 23.2. The van der Waals surface area contributed by atoms with Gasteiger partial charge in [-0.2, -0.15) is 13.2 Å². The van der Waals surface area contributed by atoms with Gasteiger partial charge in [0.1, 0.15) is 0 Å². The summed E-state index contributed by atoms with van der Waals surface area (Å²) < 4.78 is 39.1. The molecule has 2 N–H and O–H groups in total. The van der Waals surface area contributed by atoms with Crippen molar-refractivity contribution in [1.82, 2.24) is 5.32 Å². The number of hydrogen-bond acceptors (Lipinski definition) is 3. The zero-order valence-corrected chi connectivity index (χ0v) is 17.4. The lowest BCUT2D eigenvalue weighted by atomic mass is 10.00. The summed E-state index contributed by atoms with van der Waals surface area (Å²) in [5.41, 5.74) is 0.0890. The molecule has 3 amide bonds. The summed E-state index contributed by atoms with van der Waals surface area (Å²) in [5, 5.41) is 4.96. The van der Waals surface area contributed by atoms with Crippen LogP contribution in [0.3, 0.4) is 0 Å². The first kappa shape index (κ1) is 23.9. The van der Waals surface area contributed by atoms with E-state index in [1.165, 1.54) is 37.1 Å². The highest BCUT2D eigenvalue weighted by Gasteiger charge is 2.31. The zero-order valence-electron chi connectivity index (χ0n) is 17.4. The lowest BCUT2D eigenvalue weighted by molar-refractivity contribution is -0.137. The van der Waals surface area contributed by atoms with Crippen molar-refractivity contribution in [2.24, 2.45) is 0 Å². The van der Waals surface area contributed by atoms with Gasteiger partial charge in [-0.1, -0.05) is 37.6 Å². The molecule has 0 spiro atoms. The van der Waals surface area contributed by atoms with Gasteiger partial charge in [-0.3, -0.25) is 14.4 Å². The number of nitrogens with one attached hydrogen (secondary N) is 2. The van der Waals surface area contributed by atoms with E-state index in [9.17, 15) is 27.6 Å². The van der Waals surface area contributed by atoms with Gasteiger partial charge in [0, 0.05) is 14.0 Å². The first-order valence-corrected chi connectivity index (χ1v) is 9.67. The lowest BCUT2D eigenvalue weighted by Crippen LogP contribution is -2.38. The van der Waals surface area contributed by atoms with E-state index in [0.29, 0.717) is 18.5 Å². The second kappa shape index (κ2) is 10.1. The molecule has 31 heavy (non-hydrogen) atoms. The van der Waals surface area contributed by atoms with Crippen LogP contribution < -0.4 is 15.5 Å². The summed E-state index contributed by atoms with van der Waals surface area (Å²) in [7, 11) is 1.53. The third kappa shape index (κ3) is 6.31. The molecule has 0 saturated heterocycles. The van der Waals surface area contributed by atoms with Crippen LogP contribution in [0.4, 0.5) is 24.5 Å². The van der Waals surface area contributed by atoms with E-state index in [1.807, 2.05) is 6.92 Å². The smallest absolute Gasteiger partial charge is 0.341 e. The minimum atomic E-state index is -4.51. The van der Waals surface area contributed by atoms with Crippen LogP contribution in [0.5, 0.6) is 0 Å². The minimum Gasteiger partial charge on any atom is -0.341 e. The maximum absolute atomic E-state index is 13.0. The highest BCUT2D eigenvalue weighted by atomic mass is 19.4. The summed E-state index contributed by atoms with van der Waals surface area (Å²) >= 11 is 0. The predicted octanol–water partition coefficient (Wildman–Crippen LogP) is 4.28. The van der Waals surface area contributed by atoms with Crippen LogP contribution in [0.1, 0.15) is 43.9 Å². The van der Waals surface area contributed by atoms with E-state index < -0.39 is 29.6 Å². The van der Waals surface area contributed by atoms with Crippen molar-refractivity contribution in [2.45, 2.75) is 38.9 Å². The predicted molar refractivity (Wildman–Crippen MR) is 111 cm³/mol. The first-order chi connectivity index (χ1) is 14.5. The number of benzene rings is 2. The number of rotatable bonds is 6. The van der Waals surface area contributed by atoms with Crippen molar-refractivity contribution in [2.75, 3.05) is 17.3 Å². The topological polar surface area (TPSA) is 78.5 Å². The number of hydrogen-bond donors (Lipinski definition) is 2. The van der Waals surface area contributed by atoms with Crippen LogP contribution >= 0.6 is 0 Å². The second-order valence-corrected chi connectivity index (χ2v) is 6.99. The van der Waals surface area contributed by atoms with Gasteiger partial charge in [0.25, 0.3) is 0 Å². The number of anilines is 2. The molecule has 2 aromatic carbocycles. The van der Waals surface area contributed by atoms with Crippen LogP contribution in [-0.4, -0.2) is 24.8 Å². The fourth-order valence-electron chi connectivity index (χ4n) is 2.99. The molecule has 0 aliphatic carbocycles. The highest BCUT2D eigenvalue weighted by Crippen LogP contribution is 2.31. The number of halogens is 3. The minimum absolute atomic E-state index is 0.256. The molecule has 9 heteroatoms. The summed E-state index contributed by atoms with van der Waals surface area (Å²) in [4.78, 5) is 37.9. The lowest BCUT2D eigenvalue weighted by Gasteiger charge is -2.21. The highest BCUT2D eigenvalue weighted by molar-refractivity contribution is 6.40. The van der Waals surface area contributed by atoms with Gasteiger partial charge in [0.2, 0.25) is 5.91 Å². The Morgan fingerprint density at radius 1 is 1.03 bits per heavy atom. The van der Waals surface area contributed by atoms with Crippen molar-refractivity contribution in [1.29, 1.82) is 0 Å². The first-order valence-electron chi connectivity index (χ1n) is 9.67. The second-order valence-electron chi connectivity index (χ2n) is 6.99. The van der Waals surface area contributed by atoms with Crippen molar-refractivity contribution < 1.29 is 27.6 Å². The molecule has 2 rings (SSSR count). The molecular formula is C22H24F3N3O3. The van der Waals surface area contributed by atoms with E-state index in [2.05, 4.69) is 10.6 Å². The molecular weight excluding hydrogens is 411 g/mol. The van der Waals surface area contributed by atoms with Crippen LogP contribution in [0.15, 0.2) is 48.5 Å². The number of amides is 3. The molecule has 0 fully saturated rings. The maximum atomic E-state index is 13.0. The molecule has 0 heterocycles. The van der Waals surface area contributed by atoms with Gasteiger partial charge in [-0.15, -0.1) is 0 Å². The van der Waals surface area contributed by atoms with Crippen molar-refractivity contribution >= 4 is 29.1 Å². The van der Waals surface area contributed by atoms with Crippen LogP contribution in [0.2, 0.25) is 0 Å². The Morgan fingerprint density at radius 3 is 2.32 bits per heavy atom. The van der Waals surface area contributed by atoms with E-state index in [4.69, 9.17) is 0 Å². The Kier molecular flexibility index (Phi) is 7.79. The summed E-state index contributed by atoms with van der Waals surface area (Å²) in [6.07, 6.45) is -3.58. The summed E-state index contributed by atoms with van der Waals surface area (Å²) in [6, 6.07) is 10.3. The number of alkyl halides is 3. The van der Waals surface area contributed by atoms with Gasteiger partial charge in [-0.05, 0) is 36.2 Å². The Morgan fingerprint density at radius 2 is 1.71 bits per heavy atom. The summed E-state index contributed by atoms with van der Waals surface area (Å²) in [6.45, 7) is 3.18. The van der Waals surface area contributed by atoms with Crippen LogP contribution in [0, 0.1) is 0 Å². The standard InChI is InChI=1S/C22H24F3N3O3/c1-4-8-17(15-9-7-10-16(13-15)22(23,24)25)26-20(30)21(31)27-18-11-5-6-12-19(18)28(3)14(2)29/h5-7,9-13,17H,4,8H2,1-3H3,(H,26,30)(H,27,31). The van der Waals surface area contributed by atoms with Gasteiger partial charge in [0.05, 0.1) is 23.0 Å². The van der Waals surface area contributed by atoms with Gasteiger partial charge < -0.3 is 15.5 Å². The third-order valence-corrected chi connectivity index (χ3v) is 4.69. The average Bonchev–Trinajstić information content (AvgIpc) is 2.72. The Hall–Kier alpha value is -3.36. The molecule has 0 aliphatic rings. The quantitative estimate of drug-likeness (QED) is 0.665. The SMILES string of the molecule is CCCC(NC(=O)C(=O)Nc1ccccc1N(C)C(C)=O)c1cccc(C(F)(F)F)c1. The Balaban J connectivity index is 2.19. The van der Waals surface area contributed by atoms with Crippen molar-refractivity contribution in [3.63, 3.8) is 0 Å². The molecule has 1 unspecified atom stereocenters. The molecule has 0 aromatic heterocycles. The fraction of sp³-hybridized carbons (Fsp3) is 0.318. The Labute approximate surface area is 178 Å². The molecule has 6 nitrogen and oxygen atoms in total. The number of para-hydroxylation sites is 2. The van der Waals surface area contributed by atoms with Gasteiger partial charge >= 0.3 is 18.0 Å². The molecule has 0 aliphatic heterocycles. The van der Waals surface area contributed by atoms with Crippen LogP contribution in [0.25, 0.3) is 0 Å². The molecule has 166 valence electrons. The van der Waals surface area contributed by atoms with E-state index in [0.717, 1.165) is 12.1 Å². The normalized spacial score (nSPS) is 12.1. The van der Waals surface area contributed by atoms with E-state index in [1.54, 1.807) is 18.2 Å². The molecule has 0 radical (unpaired) electrons. The average molecular weight is 435 g/mol. The molecule has 0 saturated carbocycles. The number of carbonyl (C=O) groups is 3. The third-order valence-electron chi connectivity index (χ3n) is 4.69. The van der Waals surface area contributed by atoms with Crippen LogP contribution in [-0.2, 0) is 20.6 Å². The fourth-order valence-corrected chi connectivity index (χ4v) is 2.99. The summed E-state index contributed by atoms with van der Waals surface area (Å²) in [5.74, 6) is -2.24. The number of carbonyl (C=O) groups excluding carboxylic acids is 3. The monoisotopic (exact) mass is 435 g/mol. The molecule has 2 aromatic rings. The van der Waals surface area contributed by atoms with Crippen molar-refractivity contribution in [3.8, 4) is 0 Å². The molecule has 1 atom stereocenters. The number of nitrogens with zero attached hydrogens (tertiary/aromatic N) is 1.